The lowest BCUT2D eigenvalue weighted by atomic mass is 9.84. The molecule has 0 aliphatic heterocycles. The van der Waals surface area contributed by atoms with Gasteiger partial charge in [0.15, 0.2) is 5.58 Å². The number of thiophene rings is 1. The van der Waals surface area contributed by atoms with Crippen molar-refractivity contribution in [1.82, 2.24) is 0 Å². The van der Waals surface area contributed by atoms with Crippen molar-refractivity contribution in [3.05, 3.63) is 146 Å². The predicted octanol–water partition coefficient (Wildman–Crippen LogP) is 12.1. The van der Waals surface area contributed by atoms with Crippen molar-refractivity contribution < 1.29 is 4.42 Å². The van der Waals surface area contributed by atoms with E-state index < -0.39 is 0 Å². The van der Waals surface area contributed by atoms with Crippen molar-refractivity contribution in [3.63, 3.8) is 0 Å². The molecule has 196 valence electrons. The zero-order valence-electron chi connectivity index (χ0n) is 22.7. The molecule has 0 atom stereocenters. The summed E-state index contributed by atoms with van der Waals surface area (Å²) in [5.41, 5.74) is 8.10. The summed E-state index contributed by atoms with van der Waals surface area (Å²) in [6, 6.07) is 52.4. The molecule has 0 saturated carbocycles. The SMILES string of the molecule is c1ccc(-c2cc3cc(-c4c5ccccc5c(-c5ccccc5)c5ccccc45)c4c5ccccc5oc4c3s2)cc1. The minimum atomic E-state index is 0.922. The molecular weight excluding hydrogens is 529 g/mol. The molecule has 9 aromatic rings. The lowest BCUT2D eigenvalue weighted by Gasteiger charge is -2.18. The maximum Gasteiger partial charge on any atom is 0.153 e. The number of rotatable bonds is 3. The van der Waals surface area contributed by atoms with Gasteiger partial charge in [-0.2, -0.15) is 0 Å². The Bertz CT molecular complexity index is 2390. The summed E-state index contributed by atoms with van der Waals surface area (Å²) in [7, 11) is 0. The monoisotopic (exact) mass is 552 g/mol. The van der Waals surface area contributed by atoms with Crippen LogP contribution in [0.25, 0.3) is 86.3 Å². The molecule has 2 aromatic heterocycles. The number of hydrogen-bond acceptors (Lipinski definition) is 2. The van der Waals surface area contributed by atoms with Crippen LogP contribution in [0.15, 0.2) is 150 Å². The minimum Gasteiger partial charge on any atom is -0.455 e. The Labute approximate surface area is 246 Å². The number of fused-ring (bicyclic) bond motifs is 7. The van der Waals surface area contributed by atoms with Crippen LogP contribution < -0.4 is 0 Å². The second-order valence-electron chi connectivity index (χ2n) is 10.8. The Morgan fingerprint density at radius 3 is 1.62 bits per heavy atom. The third-order valence-corrected chi connectivity index (χ3v) is 9.65. The molecule has 0 bridgehead atoms. The standard InChI is InChI=1S/C40H24OS/c1-3-13-25(14-4-1)35-24-27-23-33(38-32-21-11-12-22-34(32)41-39(38)40(27)42-35)37-30-19-9-7-17-28(30)36(26-15-5-2-6-16-26)29-18-8-10-20-31(29)37/h1-24H. The van der Waals surface area contributed by atoms with Gasteiger partial charge in [-0.25, -0.2) is 0 Å². The first kappa shape index (κ1) is 23.5. The highest BCUT2D eigenvalue weighted by molar-refractivity contribution is 7.23. The molecule has 2 heterocycles. The summed E-state index contributed by atoms with van der Waals surface area (Å²) < 4.78 is 7.90. The normalized spacial score (nSPS) is 11.8. The van der Waals surface area contributed by atoms with Gasteiger partial charge in [0.1, 0.15) is 5.58 Å². The summed E-state index contributed by atoms with van der Waals surface area (Å²) in [5.74, 6) is 0. The fourth-order valence-electron chi connectivity index (χ4n) is 6.67. The quantitative estimate of drug-likeness (QED) is 0.199. The van der Waals surface area contributed by atoms with E-state index in [1.165, 1.54) is 69.7 Å². The summed E-state index contributed by atoms with van der Waals surface area (Å²) >= 11 is 1.81. The minimum absolute atomic E-state index is 0.922. The van der Waals surface area contributed by atoms with E-state index in [1.807, 2.05) is 11.3 Å². The molecule has 9 rings (SSSR count). The fourth-order valence-corrected chi connectivity index (χ4v) is 7.80. The van der Waals surface area contributed by atoms with Crippen LogP contribution in [-0.2, 0) is 0 Å². The lowest BCUT2D eigenvalue weighted by molar-refractivity contribution is 0.673. The molecule has 42 heavy (non-hydrogen) atoms. The van der Waals surface area contributed by atoms with Crippen LogP contribution in [0.1, 0.15) is 0 Å². The predicted molar refractivity (Wildman–Crippen MR) is 180 cm³/mol. The molecule has 0 fully saturated rings. The maximum atomic E-state index is 6.70. The third kappa shape index (κ3) is 3.43. The second kappa shape index (κ2) is 9.17. The second-order valence-corrected chi connectivity index (χ2v) is 11.9. The Morgan fingerprint density at radius 1 is 0.452 bits per heavy atom. The molecule has 0 aliphatic rings. The summed E-state index contributed by atoms with van der Waals surface area (Å²) in [6.45, 7) is 0. The highest BCUT2D eigenvalue weighted by Gasteiger charge is 2.23. The molecule has 0 radical (unpaired) electrons. The van der Waals surface area contributed by atoms with E-state index in [2.05, 4.69) is 146 Å². The van der Waals surface area contributed by atoms with E-state index in [0.717, 1.165) is 16.6 Å². The van der Waals surface area contributed by atoms with E-state index in [1.54, 1.807) is 0 Å². The van der Waals surface area contributed by atoms with Crippen LogP contribution in [0.4, 0.5) is 0 Å². The molecule has 7 aromatic carbocycles. The molecule has 0 spiro atoms. The van der Waals surface area contributed by atoms with Crippen molar-refractivity contribution >= 4 is 64.9 Å². The van der Waals surface area contributed by atoms with Crippen LogP contribution in [0.2, 0.25) is 0 Å². The first-order chi connectivity index (χ1) is 20.8. The molecule has 0 amide bonds. The zero-order valence-corrected chi connectivity index (χ0v) is 23.5. The number of hydrogen-bond donors (Lipinski definition) is 0. The average Bonchev–Trinajstić information content (AvgIpc) is 3.66. The van der Waals surface area contributed by atoms with Gasteiger partial charge in [0.2, 0.25) is 0 Å². The van der Waals surface area contributed by atoms with Crippen molar-refractivity contribution in [2.24, 2.45) is 0 Å². The first-order valence-electron chi connectivity index (χ1n) is 14.3. The van der Waals surface area contributed by atoms with Gasteiger partial charge in [0.05, 0.1) is 4.70 Å². The number of para-hydroxylation sites is 1. The van der Waals surface area contributed by atoms with Gasteiger partial charge in [0.25, 0.3) is 0 Å². The lowest BCUT2D eigenvalue weighted by Crippen LogP contribution is -1.91. The van der Waals surface area contributed by atoms with Crippen LogP contribution in [-0.4, -0.2) is 0 Å². The largest absolute Gasteiger partial charge is 0.455 e. The highest BCUT2D eigenvalue weighted by atomic mass is 32.1. The van der Waals surface area contributed by atoms with Crippen LogP contribution in [0, 0.1) is 0 Å². The van der Waals surface area contributed by atoms with Gasteiger partial charge in [-0.1, -0.05) is 127 Å². The molecular formula is C40H24OS. The van der Waals surface area contributed by atoms with Crippen LogP contribution >= 0.6 is 11.3 Å². The zero-order chi connectivity index (χ0) is 27.6. The van der Waals surface area contributed by atoms with Gasteiger partial charge in [-0.05, 0) is 72.9 Å². The van der Waals surface area contributed by atoms with E-state index in [4.69, 9.17) is 4.42 Å². The van der Waals surface area contributed by atoms with Gasteiger partial charge >= 0.3 is 0 Å². The Hall–Kier alpha value is -5.18. The Balaban J connectivity index is 1.48. The number of benzene rings is 7. The van der Waals surface area contributed by atoms with E-state index in [0.29, 0.717) is 0 Å². The summed E-state index contributed by atoms with van der Waals surface area (Å²) in [6.07, 6.45) is 0. The smallest absolute Gasteiger partial charge is 0.153 e. The molecule has 0 saturated heterocycles. The summed E-state index contributed by atoms with van der Waals surface area (Å²) in [5, 5.41) is 8.56. The molecule has 2 heteroatoms. The van der Waals surface area contributed by atoms with Crippen molar-refractivity contribution in [1.29, 1.82) is 0 Å². The van der Waals surface area contributed by atoms with Gasteiger partial charge in [-0.15, -0.1) is 11.3 Å². The average molecular weight is 553 g/mol. The molecule has 0 N–H and O–H groups in total. The van der Waals surface area contributed by atoms with Gasteiger partial charge in [-0.3, -0.25) is 0 Å². The third-order valence-electron chi connectivity index (χ3n) is 8.45. The maximum absolute atomic E-state index is 6.70. The van der Waals surface area contributed by atoms with Crippen LogP contribution in [0.3, 0.4) is 0 Å². The molecule has 0 unspecified atom stereocenters. The van der Waals surface area contributed by atoms with E-state index >= 15 is 0 Å². The molecule has 0 aliphatic carbocycles. The van der Waals surface area contributed by atoms with E-state index in [-0.39, 0.29) is 0 Å². The topological polar surface area (TPSA) is 13.1 Å². The molecule has 1 nitrogen and oxygen atoms in total. The van der Waals surface area contributed by atoms with Crippen LogP contribution in [0.5, 0.6) is 0 Å². The van der Waals surface area contributed by atoms with E-state index in [9.17, 15) is 0 Å². The summed E-state index contributed by atoms with van der Waals surface area (Å²) in [4.78, 5) is 1.25. The number of furan rings is 1. The van der Waals surface area contributed by atoms with Gasteiger partial charge in [0, 0.05) is 15.6 Å². The Kier molecular flexibility index (Phi) is 5.13. The Morgan fingerprint density at radius 2 is 0.976 bits per heavy atom. The first-order valence-corrected chi connectivity index (χ1v) is 15.1. The van der Waals surface area contributed by atoms with Crippen molar-refractivity contribution in [2.75, 3.05) is 0 Å². The van der Waals surface area contributed by atoms with Gasteiger partial charge < -0.3 is 4.42 Å². The van der Waals surface area contributed by atoms with Crippen molar-refractivity contribution in [3.8, 4) is 32.7 Å². The highest BCUT2D eigenvalue weighted by Crippen LogP contribution is 2.50. The fraction of sp³-hybridized carbons (Fsp3) is 0. The van der Waals surface area contributed by atoms with Crippen molar-refractivity contribution in [2.45, 2.75) is 0 Å².